The zero-order chi connectivity index (χ0) is 28.5. The van der Waals surface area contributed by atoms with E-state index < -0.39 is 0 Å². The maximum Gasteiger partial charge on any atom is 0.202 e. The molecule has 1 heteroatoms. The van der Waals surface area contributed by atoms with Crippen LogP contribution in [0.4, 0.5) is 5.69 Å². The van der Waals surface area contributed by atoms with Gasteiger partial charge in [0, 0.05) is 0 Å². The van der Waals surface area contributed by atoms with Crippen LogP contribution in [-0.2, 0) is 0 Å². The molecule has 202 valence electrons. The van der Waals surface area contributed by atoms with Crippen LogP contribution in [0.25, 0.3) is 27.1 Å². The minimum atomic E-state index is 0.367. The van der Waals surface area contributed by atoms with Gasteiger partial charge in [0.05, 0.1) is 6.57 Å². The van der Waals surface area contributed by atoms with Crippen LogP contribution in [0, 0.1) is 6.57 Å². The molecule has 0 aliphatic heterocycles. The second kappa shape index (κ2) is 11.9. The van der Waals surface area contributed by atoms with Crippen molar-refractivity contribution in [1.82, 2.24) is 0 Å². The van der Waals surface area contributed by atoms with Gasteiger partial charge in [0.25, 0.3) is 0 Å². The summed E-state index contributed by atoms with van der Waals surface area (Å²) in [5, 5.41) is 0. The number of hydrogen-bond acceptors (Lipinski definition) is 0. The molecule has 0 saturated heterocycles. The summed E-state index contributed by atoms with van der Waals surface area (Å²) in [6, 6.07) is 16.1. The van der Waals surface area contributed by atoms with Crippen LogP contribution >= 0.6 is 0 Å². The Labute approximate surface area is 233 Å². The largest absolute Gasteiger partial charge is 0.237 e. The quantitative estimate of drug-likeness (QED) is 0.267. The summed E-state index contributed by atoms with van der Waals surface area (Å²) >= 11 is 0. The van der Waals surface area contributed by atoms with Crippen LogP contribution in [0.1, 0.15) is 152 Å². The van der Waals surface area contributed by atoms with Gasteiger partial charge in [-0.15, -0.1) is 0 Å². The van der Waals surface area contributed by atoms with E-state index in [0.717, 1.165) is 16.8 Å². The van der Waals surface area contributed by atoms with Gasteiger partial charge < -0.3 is 0 Å². The van der Waals surface area contributed by atoms with Crippen LogP contribution in [0.15, 0.2) is 42.5 Å². The fraction of sp³-hybridized carbons (Fsp3) is 0.486. The Morgan fingerprint density at radius 2 is 0.763 bits per heavy atom. The van der Waals surface area contributed by atoms with Crippen LogP contribution in [-0.4, -0.2) is 0 Å². The highest BCUT2D eigenvalue weighted by Gasteiger charge is 2.25. The van der Waals surface area contributed by atoms with E-state index >= 15 is 0 Å². The summed E-state index contributed by atoms with van der Waals surface area (Å²) in [5.74, 6) is 2.40. The van der Waals surface area contributed by atoms with Gasteiger partial charge in [-0.05, 0) is 91.1 Å². The molecule has 0 fully saturated rings. The molecule has 3 aromatic carbocycles. The van der Waals surface area contributed by atoms with Crippen molar-refractivity contribution in [3.63, 3.8) is 0 Å². The van der Waals surface area contributed by atoms with E-state index in [9.17, 15) is 0 Å². The zero-order valence-corrected chi connectivity index (χ0v) is 26.0. The molecule has 3 rings (SSSR count). The third-order valence-corrected chi connectivity index (χ3v) is 7.95. The van der Waals surface area contributed by atoms with Crippen molar-refractivity contribution in [1.29, 1.82) is 0 Å². The third kappa shape index (κ3) is 5.76. The molecule has 0 saturated carbocycles. The van der Waals surface area contributed by atoms with Crippen molar-refractivity contribution in [3.8, 4) is 22.3 Å². The standard InChI is InChI=1S/C37H49N/c1-21(2)27-17-31(23(5)6)35(32(18-27)24(7)8)29-15-14-16-30(37(29)38-13)36-33(25(9)10)19-28(22(3)4)20-34(36)26(11)12/h14-26H,1-12H3. The van der Waals surface area contributed by atoms with Crippen LogP contribution in [0.3, 0.4) is 0 Å². The first kappa shape index (κ1) is 29.7. The number of nitrogens with zero attached hydrogens (tertiary/aromatic N) is 1. The first-order chi connectivity index (χ1) is 17.8. The van der Waals surface area contributed by atoms with E-state index in [0.29, 0.717) is 35.5 Å². The van der Waals surface area contributed by atoms with E-state index in [2.05, 4.69) is 130 Å². The fourth-order valence-electron chi connectivity index (χ4n) is 5.60. The average Bonchev–Trinajstić information content (AvgIpc) is 2.86. The lowest BCUT2D eigenvalue weighted by molar-refractivity contribution is 0.807. The summed E-state index contributed by atoms with van der Waals surface area (Å²) < 4.78 is 0. The van der Waals surface area contributed by atoms with Crippen molar-refractivity contribution >= 4 is 5.69 Å². The molecular weight excluding hydrogens is 458 g/mol. The van der Waals surface area contributed by atoms with Crippen LogP contribution in [0.5, 0.6) is 0 Å². The van der Waals surface area contributed by atoms with Gasteiger partial charge in [-0.2, -0.15) is 0 Å². The summed E-state index contributed by atoms with van der Waals surface area (Å²) in [5.41, 5.74) is 13.7. The Bertz CT molecular complexity index is 1170. The Balaban J connectivity index is 2.50. The van der Waals surface area contributed by atoms with Crippen molar-refractivity contribution in [2.45, 2.75) is 119 Å². The summed E-state index contributed by atoms with van der Waals surface area (Å²) in [6.07, 6.45) is 0. The normalized spacial score (nSPS) is 12.0. The predicted octanol–water partition coefficient (Wildman–Crippen LogP) is 12.3. The molecule has 0 unspecified atom stereocenters. The minimum absolute atomic E-state index is 0.367. The van der Waals surface area contributed by atoms with E-state index in [1.165, 1.54) is 44.5 Å². The SMILES string of the molecule is [C-]#[N+]c1c(-c2c(C(C)C)cc(C(C)C)cc2C(C)C)cccc1-c1c(C(C)C)cc(C(C)C)cc1C(C)C. The van der Waals surface area contributed by atoms with Crippen molar-refractivity contribution in [2.24, 2.45) is 0 Å². The number of para-hydroxylation sites is 1. The molecule has 0 amide bonds. The second-order valence-electron chi connectivity index (χ2n) is 12.9. The summed E-state index contributed by atoms with van der Waals surface area (Å²) in [6.45, 7) is 35.9. The highest BCUT2D eigenvalue weighted by molar-refractivity contribution is 5.95. The Hall–Kier alpha value is -2.85. The molecule has 0 N–H and O–H groups in total. The van der Waals surface area contributed by atoms with Gasteiger partial charge in [-0.1, -0.05) is 126 Å². The van der Waals surface area contributed by atoms with Gasteiger partial charge >= 0.3 is 0 Å². The Morgan fingerprint density at radius 3 is 0.974 bits per heavy atom. The first-order valence-electron chi connectivity index (χ1n) is 14.7. The molecule has 0 heterocycles. The molecule has 0 atom stereocenters. The van der Waals surface area contributed by atoms with Crippen molar-refractivity contribution in [3.05, 3.63) is 87.3 Å². The molecule has 1 nitrogen and oxygen atoms in total. The second-order valence-corrected chi connectivity index (χ2v) is 12.9. The third-order valence-electron chi connectivity index (χ3n) is 7.95. The Kier molecular flexibility index (Phi) is 9.30. The first-order valence-corrected chi connectivity index (χ1v) is 14.7. The maximum atomic E-state index is 8.48. The molecule has 0 spiro atoms. The van der Waals surface area contributed by atoms with Crippen molar-refractivity contribution in [2.75, 3.05) is 0 Å². The zero-order valence-electron chi connectivity index (χ0n) is 26.0. The summed E-state index contributed by atoms with van der Waals surface area (Å²) in [7, 11) is 0. The average molecular weight is 508 g/mol. The lowest BCUT2D eigenvalue weighted by atomic mass is 9.78. The van der Waals surface area contributed by atoms with Gasteiger partial charge in [-0.3, -0.25) is 0 Å². The van der Waals surface area contributed by atoms with E-state index in [4.69, 9.17) is 6.57 Å². The van der Waals surface area contributed by atoms with Crippen LogP contribution < -0.4 is 0 Å². The molecule has 3 aromatic rings. The lowest BCUT2D eigenvalue weighted by Crippen LogP contribution is -2.05. The highest BCUT2D eigenvalue weighted by atomic mass is 14.7. The number of hydrogen-bond donors (Lipinski definition) is 0. The molecule has 0 aliphatic rings. The minimum Gasteiger partial charge on any atom is -0.237 e. The number of benzene rings is 3. The smallest absolute Gasteiger partial charge is 0.202 e. The molecule has 0 aliphatic carbocycles. The van der Waals surface area contributed by atoms with Gasteiger partial charge in [0.1, 0.15) is 0 Å². The van der Waals surface area contributed by atoms with E-state index in [-0.39, 0.29) is 0 Å². The molecule has 0 bridgehead atoms. The highest BCUT2D eigenvalue weighted by Crippen LogP contribution is 2.49. The lowest BCUT2D eigenvalue weighted by Gasteiger charge is -2.26. The van der Waals surface area contributed by atoms with Crippen LogP contribution in [0.2, 0.25) is 0 Å². The molecule has 0 aromatic heterocycles. The summed E-state index contributed by atoms with van der Waals surface area (Å²) in [4.78, 5) is 4.29. The maximum absolute atomic E-state index is 8.48. The topological polar surface area (TPSA) is 4.36 Å². The molecular formula is C37H49N. The van der Waals surface area contributed by atoms with Gasteiger partial charge in [-0.25, -0.2) is 4.85 Å². The molecule has 0 radical (unpaired) electrons. The van der Waals surface area contributed by atoms with Crippen molar-refractivity contribution < 1.29 is 0 Å². The van der Waals surface area contributed by atoms with E-state index in [1.54, 1.807) is 0 Å². The van der Waals surface area contributed by atoms with Gasteiger partial charge in [0.2, 0.25) is 5.69 Å². The predicted molar refractivity (Wildman–Crippen MR) is 168 cm³/mol. The van der Waals surface area contributed by atoms with Gasteiger partial charge in [0.15, 0.2) is 0 Å². The number of rotatable bonds is 8. The monoisotopic (exact) mass is 507 g/mol. The molecule has 38 heavy (non-hydrogen) atoms. The Morgan fingerprint density at radius 1 is 0.474 bits per heavy atom. The fourth-order valence-corrected chi connectivity index (χ4v) is 5.60. The van der Waals surface area contributed by atoms with E-state index in [1.807, 2.05) is 0 Å².